The van der Waals surface area contributed by atoms with Crippen molar-refractivity contribution in [2.75, 3.05) is 0 Å². The highest BCUT2D eigenvalue weighted by atomic mass is 32.1. The Morgan fingerprint density at radius 3 is 1.08 bits per heavy atom. The molecule has 0 unspecified atom stereocenters. The monoisotopic (exact) mass is 1090 g/mol. The summed E-state index contributed by atoms with van der Waals surface area (Å²) in [5.41, 5.74) is 7.10. The molecule has 1 fully saturated rings. The summed E-state index contributed by atoms with van der Waals surface area (Å²) in [6.07, 6.45) is 18.6. The van der Waals surface area contributed by atoms with Crippen LogP contribution in [0.25, 0.3) is 0 Å². The molecule has 1 saturated carbocycles. The van der Waals surface area contributed by atoms with E-state index < -0.39 is 0 Å². The van der Waals surface area contributed by atoms with E-state index in [1.807, 2.05) is 187 Å². The van der Waals surface area contributed by atoms with Gasteiger partial charge in [0.2, 0.25) is 0 Å². The molecule has 6 heteroatoms. The number of thiazole rings is 1. The fourth-order valence-electron chi connectivity index (χ4n) is 5.95. The summed E-state index contributed by atoms with van der Waals surface area (Å²) in [7, 11) is 0. The average Bonchev–Trinajstić information content (AvgIpc) is 4.25. The van der Waals surface area contributed by atoms with E-state index >= 15 is 0 Å². The van der Waals surface area contributed by atoms with Crippen LogP contribution in [0.4, 0.5) is 0 Å². The van der Waals surface area contributed by atoms with Crippen molar-refractivity contribution in [3.63, 3.8) is 0 Å². The molecule has 0 saturated heterocycles. The van der Waals surface area contributed by atoms with Gasteiger partial charge in [0, 0.05) is 52.6 Å². The second-order valence-electron chi connectivity index (χ2n) is 17.7. The summed E-state index contributed by atoms with van der Waals surface area (Å²) in [6.45, 7) is 58.9. The molecule has 440 valence electrons. The number of aromatic nitrogens is 4. The first-order chi connectivity index (χ1) is 36.1. The quantitative estimate of drug-likeness (QED) is 0.160. The Hall–Kier alpha value is -4.00. The molecule has 0 aliphatic heterocycles. The SMILES string of the molecule is C.CC.CC.CC.CC.CC.CC.CC.CC(C)C1CCCCC1.CC(C)c1ccccc1.CC(C)c1ccccn1.CC(C)c1cccnc1.CC(C)c1cccs1.CC(C)c1ccncc1.CC(C)c1cncs1. The number of rotatable bonds is 7. The lowest BCUT2D eigenvalue weighted by molar-refractivity contribution is 0.279. The first-order valence-corrected chi connectivity index (χ1v) is 31.6. The molecular formula is C70H128N4S2. The van der Waals surface area contributed by atoms with Crippen molar-refractivity contribution in [3.05, 3.63) is 165 Å². The Morgan fingerprint density at radius 1 is 0.368 bits per heavy atom. The molecule has 1 aliphatic rings. The molecule has 5 heterocycles. The molecule has 76 heavy (non-hydrogen) atoms. The Balaban J connectivity index is -0.000000114. The number of thiophene rings is 1. The average molecular weight is 1090 g/mol. The maximum atomic E-state index is 4.18. The molecule has 5 aromatic heterocycles. The van der Waals surface area contributed by atoms with Crippen LogP contribution in [0.2, 0.25) is 0 Å². The first-order valence-electron chi connectivity index (χ1n) is 29.8. The topological polar surface area (TPSA) is 51.6 Å². The van der Waals surface area contributed by atoms with Crippen LogP contribution < -0.4 is 0 Å². The van der Waals surface area contributed by atoms with E-state index in [-0.39, 0.29) is 7.43 Å². The summed E-state index contributed by atoms with van der Waals surface area (Å²) in [6, 6.07) is 28.9. The van der Waals surface area contributed by atoms with Gasteiger partial charge in [-0.05, 0) is 106 Å². The van der Waals surface area contributed by atoms with Crippen LogP contribution in [0.15, 0.2) is 133 Å². The minimum atomic E-state index is 0. The van der Waals surface area contributed by atoms with Crippen LogP contribution in [-0.2, 0) is 0 Å². The standard InChI is InChI=1S/C9H18.C9H12.3C8H11N.C7H10S.C6H9NS.7C2H6.CH4/c2*1-8(2)9-6-4-3-5-7-9;1-7(2)8-3-5-9-6-4-8;1-7(2)8-4-3-5-9-6-8;1-7(2)8-5-3-4-6-9-8;1-6(2)7-4-3-5-8-7;1-5(2)6-3-7-4-8-6;7*1-2;/h8-9H,3-7H2,1-2H3;3-8H,1-2H3;3*3-7H,1-2H3;3-6H,1-2H3;3-5H,1-2H3;7*1-2H3;1H4. The molecule has 0 spiro atoms. The van der Waals surface area contributed by atoms with E-state index in [1.165, 1.54) is 58.5 Å². The minimum Gasteiger partial charge on any atom is -0.265 e. The van der Waals surface area contributed by atoms with Gasteiger partial charge in [0.25, 0.3) is 0 Å². The Morgan fingerprint density at radius 2 is 0.829 bits per heavy atom. The van der Waals surface area contributed by atoms with E-state index in [0.717, 1.165) is 17.5 Å². The van der Waals surface area contributed by atoms with Crippen molar-refractivity contribution in [3.8, 4) is 0 Å². The third-order valence-corrected chi connectivity index (χ3v) is 12.4. The Kier molecular flexibility index (Phi) is 80.5. The van der Waals surface area contributed by atoms with E-state index in [4.69, 9.17) is 0 Å². The van der Waals surface area contributed by atoms with E-state index in [0.29, 0.717) is 35.5 Å². The fourth-order valence-corrected chi connectivity index (χ4v) is 7.33. The zero-order valence-corrected chi connectivity index (χ0v) is 56.1. The maximum Gasteiger partial charge on any atom is 0.0794 e. The zero-order valence-electron chi connectivity index (χ0n) is 54.5. The molecule has 0 amide bonds. The molecule has 7 rings (SSSR count). The van der Waals surface area contributed by atoms with Crippen molar-refractivity contribution in [2.45, 2.75) is 269 Å². The molecule has 1 aromatic carbocycles. The number of nitrogens with zero attached hydrogens (tertiary/aromatic N) is 4. The number of benzene rings is 1. The third-order valence-electron chi connectivity index (χ3n) is 10.2. The van der Waals surface area contributed by atoms with Crippen LogP contribution in [0, 0.1) is 11.8 Å². The van der Waals surface area contributed by atoms with E-state index in [9.17, 15) is 0 Å². The number of hydrogen-bond donors (Lipinski definition) is 0. The van der Waals surface area contributed by atoms with E-state index in [2.05, 4.69) is 165 Å². The summed E-state index contributed by atoms with van der Waals surface area (Å²) < 4.78 is 0. The third kappa shape index (κ3) is 54.8. The summed E-state index contributed by atoms with van der Waals surface area (Å²) in [4.78, 5) is 18.9. The van der Waals surface area contributed by atoms with Crippen molar-refractivity contribution < 1.29 is 0 Å². The van der Waals surface area contributed by atoms with E-state index in [1.54, 1.807) is 17.5 Å². The van der Waals surface area contributed by atoms with Gasteiger partial charge in [-0.15, -0.1) is 22.7 Å². The lowest BCUT2D eigenvalue weighted by Gasteiger charge is -2.24. The lowest BCUT2D eigenvalue weighted by atomic mass is 9.82. The summed E-state index contributed by atoms with van der Waals surface area (Å²) in [5, 5.41) is 2.12. The smallest absolute Gasteiger partial charge is 0.0794 e. The van der Waals surface area contributed by atoms with Crippen LogP contribution in [0.1, 0.15) is 301 Å². The van der Waals surface area contributed by atoms with Crippen molar-refractivity contribution in [1.82, 2.24) is 19.9 Å². The van der Waals surface area contributed by atoms with Crippen LogP contribution in [0.5, 0.6) is 0 Å². The molecule has 0 bridgehead atoms. The summed E-state index contributed by atoms with van der Waals surface area (Å²) in [5.74, 6) is 5.76. The molecular weight excluding hydrogens is 961 g/mol. The highest BCUT2D eigenvalue weighted by molar-refractivity contribution is 7.10. The van der Waals surface area contributed by atoms with Crippen LogP contribution in [-0.4, -0.2) is 19.9 Å². The normalized spacial score (nSPS) is 10.2. The van der Waals surface area contributed by atoms with Gasteiger partial charge in [-0.2, -0.15) is 0 Å². The van der Waals surface area contributed by atoms with Gasteiger partial charge in [0.15, 0.2) is 0 Å². The van der Waals surface area contributed by atoms with Crippen molar-refractivity contribution in [1.29, 1.82) is 0 Å². The van der Waals surface area contributed by atoms with Gasteiger partial charge in [-0.3, -0.25) is 19.9 Å². The maximum absolute atomic E-state index is 4.18. The highest BCUT2D eigenvalue weighted by Gasteiger charge is 2.15. The largest absolute Gasteiger partial charge is 0.265 e. The Bertz CT molecular complexity index is 1570. The Labute approximate surface area is 485 Å². The predicted octanol–water partition coefficient (Wildman–Crippen LogP) is 25.6. The van der Waals surface area contributed by atoms with Gasteiger partial charge in [0.1, 0.15) is 0 Å². The highest BCUT2D eigenvalue weighted by Crippen LogP contribution is 2.29. The van der Waals surface area contributed by atoms with Crippen molar-refractivity contribution >= 4 is 22.7 Å². The second-order valence-corrected chi connectivity index (χ2v) is 19.6. The van der Waals surface area contributed by atoms with Crippen molar-refractivity contribution in [2.24, 2.45) is 11.8 Å². The van der Waals surface area contributed by atoms with Gasteiger partial charge in [-0.25, -0.2) is 0 Å². The zero-order chi connectivity index (χ0) is 59.4. The molecule has 6 aromatic rings. The van der Waals surface area contributed by atoms with Gasteiger partial charge < -0.3 is 0 Å². The summed E-state index contributed by atoms with van der Waals surface area (Å²) >= 11 is 3.55. The van der Waals surface area contributed by atoms with Gasteiger partial charge in [0.05, 0.1) is 5.51 Å². The molecule has 4 nitrogen and oxygen atoms in total. The van der Waals surface area contributed by atoms with Gasteiger partial charge in [-0.1, -0.05) is 282 Å². The van der Waals surface area contributed by atoms with Crippen LogP contribution in [0.3, 0.4) is 0 Å². The molecule has 0 atom stereocenters. The first kappa shape index (κ1) is 88.6. The minimum absolute atomic E-state index is 0. The number of hydrogen-bond acceptors (Lipinski definition) is 6. The predicted molar refractivity (Wildman–Crippen MR) is 358 cm³/mol. The number of pyridine rings is 3. The fraction of sp³-hybridized carbons (Fsp3) is 0.600. The molecule has 0 N–H and O–H groups in total. The van der Waals surface area contributed by atoms with Gasteiger partial charge >= 0.3 is 0 Å². The molecule has 0 radical (unpaired) electrons. The second kappa shape index (κ2) is 69.0. The molecule has 1 aliphatic carbocycles. The van der Waals surface area contributed by atoms with Crippen LogP contribution >= 0.6 is 22.7 Å². The lowest BCUT2D eigenvalue weighted by Crippen LogP contribution is -2.12.